The van der Waals surface area contributed by atoms with E-state index in [0.29, 0.717) is 12.0 Å². The number of piperidine rings is 1. The monoisotopic (exact) mass is 248 g/mol. The van der Waals surface area contributed by atoms with Crippen molar-refractivity contribution >= 4 is 5.82 Å². The molecular formula is C14H24N4. The van der Waals surface area contributed by atoms with Gasteiger partial charge in [-0.3, -0.25) is 0 Å². The number of anilines is 1. The fourth-order valence-electron chi connectivity index (χ4n) is 2.22. The van der Waals surface area contributed by atoms with E-state index in [0.717, 1.165) is 36.8 Å². The van der Waals surface area contributed by atoms with E-state index in [2.05, 4.69) is 47.4 Å². The fourth-order valence-corrected chi connectivity index (χ4v) is 2.22. The minimum Gasteiger partial charge on any atom is -0.367 e. The van der Waals surface area contributed by atoms with Gasteiger partial charge in [0.1, 0.15) is 11.6 Å². The lowest BCUT2D eigenvalue weighted by atomic mass is 10.1. The van der Waals surface area contributed by atoms with Gasteiger partial charge >= 0.3 is 0 Å². The maximum atomic E-state index is 4.59. The maximum absolute atomic E-state index is 4.59. The molecule has 0 radical (unpaired) electrons. The van der Waals surface area contributed by atoms with Crippen LogP contribution >= 0.6 is 0 Å². The minimum absolute atomic E-state index is 0.451. The van der Waals surface area contributed by atoms with Gasteiger partial charge < -0.3 is 10.6 Å². The molecule has 0 bridgehead atoms. The van der Waals surface area contributed by atoms with Crippen LogP contribution in [0.15, 0.2) is 6.07 Å². The van der Waals surface area contributed by atoms with Crippen LogP contribution in [0.4, 0.5) is 5.82 Å². The van der Waals surface area contributed by atoms with Crippen LogP contribution in [0.5, 0.6) is 0 Å². The molecule has 0 unspecified atom stereocenters. The van der Waals surface area contributed by atoms with Crippen molar-refractivity contribution in [3.05, 3.63) is 17.6 Å². The molecule has 2 N–H and O–H groups in total. The fraction of sp³-hybridized carbons (Fsp3) is 0.714. The molecule has 2 heterocycles. The van der Waals surface area contributed by atoms with Gasteiger partial charge in [0.25, 0.3) is 0 Å². The predicted octanol–water partition coefficient (Wildman–Crippen LogP) is 2.33. The molecule has 2 rings (SSSR count). The lowest BCUT2D eigenvalue weighted by molar-refractivity contribution is 0.478. The number of nitrogens with zero attached hydrogens (tertiary/aromatic N) is 2. The lowest BCUT2D eigenvalue weighted by Gasteiger charge is -2.24. The first-order chi connectivity index (χ1) is 8.69. The summed E-state index contributed by atoms with van der Waals surface area (Å²) in [6.45, 7) is 8.65. The van der Waals surface area contributed by atoms with Crippen molar-refractivity contribution in [2.45, 2.75) is 52.0 Å². The van der Waals surface area contributed by atoms with E-state index in [4.69, 9.17) is 0 Å². The Morgan fingerprint density at radius 3 is 2.67 bits per heavy atom. The molecule has 18 heavy (non-hydrogen) atoms. The molecule has 1 fully saturated rings. The van der Waals surface area contributed by atoms with Crippen LogP contribution < -0.4 is 10.6 Å². The Hall–Kier alpha value is -1.16. The molecule has 0 aliphatic carbocycles. The highest BCUT2D eigenvalue weighted by Gasteiger charge is 2.14. The van der Waals surface area contributed by atoms with E-state index in [1.165, 1.54) is 12.8 Å². The topological polar surface area (TPSA) is 49.8 Å². The van der Waals surface area contributed by atoms with Gasteiger partial charge in [-0.2, -0.15) is 0 Å². The third-order valence-corrected chi connectivity index (χ3v) is 3.39. The van der Waals surface area contributed by atoms with Crippen LogP contribution in [0, 0.1) is 0 Å². The molecule has 1 aliphatic rings. The normalized spacial score (nSPS) is 17.1. The summed E-state index contributed by atoms with van der Waals surface area (Å²) in [6.07, 6.45) is 3.23. The molecule has 0 aromatic carbocycles. The molecule has 1 aromatic heterocycles. The number of rotatable bonds is 4. The van der Waals surface area contributed by atoms with Crippen LogP contribution in [0.1, 0.15) is 51.0 Å². The largest absolute Gasteiger partial charge is 0.367 e. The van der Waals surface area contributed by atoms with Gasteiger partial charge in [-0.05, 0) is 31.8 Å². The Labute approximate surface area is 110 Å². The second-order valence-corrected chi connectivity index (χ2v) is 5.27. The number of hydrogen-bond donors (Lipinski definition) is 2. The van der Waals surface area contributed by atoms with Gasteiger partial charge in [0.05, 0.1) is 0 Å². The van der Waals surface area contributed by atoms with Crippen LogP contribution in [-0.2, 0) is 6.42 Å². The zero-order valence-corrected chi connectivity index (χ0v) is 11.7. The first-order valence-electron chi connectivity index (χ1n) is 7.04. The average molecular weight is 248 g/mol. The summed E-state index contributed by atoms with van der Waals surface area (Å²) in [4.78, 5) is 9.17. The number of hydrogen-bond acceptors (Lipinski definition) is 4. The van der Waals surface area contributed by atoms with Gasteiger partial charge in [0.15, 0.2) is 0 Å². The highest BCUT2D eigenvalue weighted by Crippen LogP contribution is 2.18. The summed E-state index contributed by atoms with van der Waals surface area (Å²) >= 11 is 0. The Morgan fingerprint density at radius 1 is 1.33 bits per heavy atom. The summed E-state index contributed by atoms with van der Waals surface area (Å²) in [5.41, 5.74) is 1.14. The molecule has 4 heteroatoms. The lowest BCUT2D eigenvalue weighted by Crippen LogP contribution is -2.35. The Bertz CT molecular complexity index is 383. The van der Waals surface area contributed by atoms with Crippen molar-refractivity contribution in [2.75, 3.05) is 18.4 Å². The molecule has 1 aliphatic heterocycles. The minimum atomic E-state index is 0.451. The van der Waals surface area contributed by atoms with E-state index in [-0.39, 0.29) is 0 Å². The summed E-state index contributed by atoms with van der Waals surface area (Å²) in [5.74, 6) is 2.39. The van der Waals surface area contributed by atoms with Gasteiger partial charge in [0, 0.05) is 24.2 Å². The van der Waals surface area contributed by atoms with E-state index in [9.17, 15) is 0 Å². The Balaban J connectivity index is 2.12. The maximum Gasteiger partial charge on any atom is 0.130 e. The zero-order valence-electron chi connectivity index (χ0n) is 11.7. The van der Waals surface area contributed by atoms with Crippen molar-refractivity contribution in [3.63, 3.8) is 0 Å². The zero-order chi connectivity index (χ0) is 13.0. The molecule has 1 saturated heterocycles. The predicted molar refractivity (Wildman–Crippen MR) is 75.0 cm³/mol. The van der Waals surface area contributed by atoms with Gasteiger partial charge in [-0.1, -0.05) is 20.8 Å². The second-order valence-electron chi connectivity index (χ2n) is 5.27. The van der Waals surface area contributed by atoms with Crippen molar-refractivity contribution in [1.29, 1.82) is 0 Å². The van der Waals surface area contributed by atoms with Crippen molar-refractivity contribution in [3.8, 4) is 0 Å². The second kappa shape index (κ2) is 6.14. The molecular weight excluding hydrogens is 224 g/mol. The highest BCUT2D eigenvalue weighted by atomic mass is 15.1. The van der Waals surface area contributed by atoms with E-state index in [1.807, 2.05) is 0 Å². The van der Waals surface area contributed by atoms with Gasteiger partial charge in [0.2, 0.25) is 0 Å². The number of aryl methyl sites for hydroxylation is 1. The standard InChI is InChI=1S/C14H24N4/c1-4-13-17-12(10(2)3)9-14(18-13)16-11-5-7-15-8-6-11/h9-11,15H,4-8H2,1-3H3,(H,16,17,18). The third-order valence-electron chi connectivity index (χ3n) is 3.39. The van der Waals surface area contributed by atoms with Gasteiger partial charge in [-0.15, -0.1) is 0 Å². The van der Waals surface area contributed by atoms with Crippen LogP contribution in [0.25, 0.3) is 0 Å². The molecule has 1 aromatic rings. The van der Waals surface area contributed by atoms with Gasteiger partial charge in [-0.25, -0.2) is 9.97 Å². The number of aromatic nitrogens is 2. The van der Waals surface area contributed by atoms with E-state index < -0.39 is 0 Å². The summed E-state index contributed by atoms with van der Waals surface area (Å²) < 4.78 is 0. The summed E-state index contributed by atoms with van der Waals surface area (Å²) in [5, 5.41) is 6.94. The highest BCUT2D eigenvalue weighted by molar-refractivity contribution is 5.38. The van der Waals surface area contributed by atoms with E-state index >= 15 is 0 Å². The molecule has 0 atom stereocenters. The average Bonchev–Trinajstić information content (AvgIpc) is 2.39. The molecule has 0 spiro atoms. The molecule has 0 saturated carbocycles. The third kappa shape index (κ3) is 3.42. The molecule has 0 amide bonds. The summed E-state index contributed by atoms with van der Waals surface area (Å²) in [7, 11) is 0. The first kappa shape index (κ1) is 13.3. The Kier molecular flexibility index (Phi) is 4.53. The van der Waals surface area contributed by atoms with Crippen LogP contribution in [-0.4, -0.2) is 29.1 Å². The molecule has 100 valence electrons. The Morgan fingerprint density at radius 2 is 2.06 bits per heavy atom. The summed E-state index contributed by atoms with van der Waals surface area (Å²) in [6, 6.07) is 2.65. The smallest absolute Gasteiger partial charge is 0.130 e. The SMILES string of the molecule is CCc1nc(NC2CCNCC2)cc(C(C)C)n1. The van der Waals surface area contributed by atoms with Crippen LogP contribution in [0.3, 0.4) is 0 Å². The first-order valence-corrected chi connectivity index (χ1v) is 7.04. The van der Waals surface area contributed by atoms with Crippen molar-refractivity contribution < 1.29 is 0 Å². The number of nitrogens with one attached hydrogen (secondary N) is 2. The van der Waals surface area contributed by atoms with Crippen molar-refractivity contribution in [2.24, 2.45) is 0 Å². The van der Waals surface area contributed by atoms with Crippen molar-refractivity contribution in [1.82, 2.24) is 15.3 Å². The quantitative estimate of drug-likeness (QED) is 0.858. The van der Waals surface area contributed by atoms with Crippen LogP contribution in [0.2, 0.25) is 0 Å². The van der Waals surface area contributed by atoms with E-state index in [1.54, 1.807) is 0 Å². The molecule has 4 nitrogen and oxygen atoms in total.